The standard InChI is InChI=1S/C14H14N2O4S/c1-16-12(17)11(10(13(18)19)15-14(16)21-2)20-8-9-6-4-3-5-7-9/h3-7H,8H2,1-2H3,(H,18,19). The fourth-order valence-corrected chi connectivity index (χ4v) is 2.29. The van der Waals surface area contributed by atoms with Gasteiger partial charge < -0.3 is 9.84 Å². The summed E-state index contributed by atoms with van der Waals surface area (Å²) in [4.78, 5) is 27.4. The van der Waals surface area contributed by atoms with E-state index in [1.54, 1.807) is 6.26 Å². The van der Waals surface area contributed by atoms with Crippen LogP contribution in [-0.4, -0.2) is 26.9 Å². The van der Waals surface area contributed by atoms with Gasteiger partial charge in [0.25, 0.3) is 5.56 Å². The number of hydrogen-bond acceptors (Lipinski definition) is 5. The molecule has 1 N–H and O–H groups in total. The Hall–Kier alpha value is -2.28. The molecule has 0 spiro atoms. The lowest BCUT2D eigenvalue weighted by molar-refractivity contribution is 0.0682. The van der Waals surface area contributed by atoms with E-state index in [1.165, 1.54) is 23.4 Å². The Morgan fingerprint density at radius 2 is 2.05 bits per heavy atom. The second-order valence-electron chi connectivity index (χ2n) is 4.22. The van der Waals surface area contributed by atoms with Crippen LogP contribution in [0.4, 0.5) is 0 Å². The van der Waals surface area contributed by atoms with Gasteiger partial charge >= 0.3 is 5.97 Å². The summed E-state index contributed by atoms with van der Waals surface area (Å²) in [6, 6.07) is 9.19. The Kier molecular flexibility index (Phi) is 4.64. The molecule has 0 radical (unpaired) electrons. The van der Waals surface area contributed by atoms with Crippen LogP contribution >= 0.6 is 11.8 Å². The third kappa shape index (κ3) is 3.25. The molecule has 1 aromatic heterocycles. The number of carbonyl (C=O) groups is 1. The number of nitrogens with zero attached hydrogens (tertiary/aromatic N) is 2. The van der Waals surface area contributed by atoms with Crippen LogP contribution < -0.4 is 10.3 Å². The van der Waals surface area contributed by atoms with E-state index in [1.807, 2.05) is 30.3 Å². The van der Waals surface area contributed by atoms with Crippen LogP contribution in [0.15, 0.2) is 40.3 Å². The van der Waals surface area contributed by atoms with Crippen molar-refractivity contribution in [3.05, 3.63) is 51.9 Å². The van der Waals surface area contributed by atoms with E-state index in [4.69, 9.17) is 4.74 Å². The van der Waals surface area contributed by atoms with Crippen molar-refractivity contribution in [3.63, 3.8) is 0 Å². The molecule has 2 aromatic rings. The molecule has 0 unspecified atom stereocenters. The number of rotatable bonds is 5. The van der Waals surface area contributed by atoms with Crippen molar-refractivity contribution in [3.8, 4) is 5.75 Å². The zero-order valence-electron chi connectivity index (χ0n) is 11.6. The zero-order chi connectivity index (χ0) is 15.4. The maximum absolute atomic E-state index is 12.2. The highest BCUT2D eigenvalue weighted by molar-refractivity contribution is 7.98. The highest BCUT2D eigenvalue weighted by atomic mass is 32.2. The first-order valence-electron chi connectivity index (χ1n) is 6.09. The lowest BCUT2D eigenvalue weighted by atomic mass is 10.2. The van der Waals surface area contributed by atoms with Crippen molar-refractivity contribution < 1.29 is 14.6 Å². The van der Waals surface area contributed by atoms with Crippen molar-refractivity contribution >= 4 is 17.7 Å². The molecular weight excluding hydrogens is 292 g/mol. The van der Waals surface area contributed by atoms with Crippen molar-refractivity contribution in [2.45, 2.75) is 11.8 Å². The van der Waals surface area contributed by atoms with E-state index in [2.05, 4.69) is 4.98 Å². The van der Waals surface area contributed by atoms with Crippen LogP contribution in [0.1, 0.15) is 16.1 Å². The molecule has 6 nitrogen and oxygen atoms in total. The second-order valence-corrected chi connectivity index (χ2v) is 4.99. The molecular formula is C14H14N2O4S. The molecule has 0 aliphatic rings. The number of hydrogen-bond donors (Lipinski definition) is 1. The normalized spacial score (nSPS) is 10.4. The van der Waals surface area contributed by atoms with Gasteiger partial charge in [-0.05, 0) is 11.8 Å². The summed E-state index contributed by atoms with van der Waals surface area (Å²) in [7, 11) is 1.53. The maximum atomic E-state index is 12.2. The lowest BCUT2D eigenvalue weighted by Gasteiger charge is -2.11. The summed E-state index contributed by atoms with van der Waals surface area (Å²) in [6.07, 6.45) is 1.72. The average Bonchev–Trinajstić information content (AvgIpc) is 2.49. The topological polar surface area (TPSA) is 81.4 Å². The Morgan fingerprint density at radius 1 is 1.38 bits per heavy atom. The quantitative estimate of drug-likeness (QED) is 0.670. The fraction of sp³-hybridized carbons (Fsp3) is 0.214. The lowest BCUT2D eigenvalue weighted by Crippen LogP contribution is -2.25. The molecule has 7 heteroatoms. The molecule has 0 saturated carbocycles. The predicted molar refractivity (Wildman–Crippen MR) is 79.0 cm³/mol. The Balaban J connectivity index is 2.40. The number of aromatic nitrogens is 2. The van der Waals surface area contributed by atoms with Gasteiger partial charge in [0.05, 0.1) is 0 Å². The Labute approximate surface area is 125 Å². The third-order valence-electron chi connectivity index (χ3n) is 2.82. The number of carboxylic acid groups (broad SMARTS) is 1. The molecule has 0 saturated heterocycles. The van der Waals surface area contributed by atoms with E-state index in [0.717, 1.165) is 5.56 Å². The Bertz CT molecular complexity index is 713. The van der Waals surface area contributed by atoms with Gasteiger partial charge in [-0.3, -0.25) is 9.36 Å². The molecule has 0 amide bonds. The van der Waals surface area contributed by atoms with Crippen LogP contribution in [0.3, 0.4) is 0 Å². The predicted octanol–water partition coefficient (Wildman–Crippen LogP) is 1.78. The molecule has 1 aromatic carbocycles. The molecule has 1 heterocycles. The SMILES string of the molecule is CSc1nc(C(=O)O)c(OCc2ccccc2)c(=O)n1C. The van der Waals surface area contributed by atoms with Gasteiger partial charge in [-0.1, -0.05) is 42.1 Å². The van der Waals surface area contributed by atoms with E-state index in [-0.39, 0.29) is 18.1 Å². The average molecular weight is 306 g/mol. The molecule has 2 rings (SSSR count). The first-order valence-corrected chi connectivity index (χ1v) is 7.32. The monoisotopic (exact) mass is 306 g/mol. The van der Waals surface area contributed by atoms with Gasteiger partial charge in [-0.15, -0.1) is 0 Å². The summed E-state index contributed by atoms with van der Waals surface area (Å²) in [6.45, 7) is 0.108. The van der Waals surface area contributed by atoms with E-state index >= 15 is 0 Å². The number of thioether (sulfide) groups is 1. The minimum Gasteiger partial charge on any atom is -0.481 e. The summed E-state index contributed by atoms with van der Waals surface area (Å²) in [5, 5.41) is 9.52. The fourth-order valence-electron chi connectivity index (χ4n) is 1.75. The van der Waals surface area contributed by atoms with Crippen molar-refractivity contribution in [1.82, 2.24) is 9.55 Å². The van der Waals surface area contributed by atoms with Crippen LogP contribution in [0, 0.1) is 0 Å². The van der Waals surface area contributed by atoms with E-state index in [9.17, 15) is 14.7 Å². The van der Waals surface area contributed by atoms with Crippen LogP contribution in [0.5, 0.6) is 5.75 Å². The minimum atomic E-state index is -1.29. The van der Waals surface area contributed by atoms with Gasteiger partial charge in [0.15, 0.2) is 10.9 Å². The van der Waals surface area contributed by atoms with Gasteiger partial charge in [-0.2, -0.15) is 0 Å². The summed E-state index contributed by atoms with van der Waals surface area (Å²) >= 11 is 1.20. The maximum Gasteiger partial charge on any atom is 0.358 e. The second kappa shape index (κ2) is 6.45. The number of carboxylic acids is 1. The summed E-state index contributed by atoms with van der Waals surface area (Å²) < 4.78 is 6.68. The van der Waals surface area contributed by atoms with E-state index < -0.39 is 11.5 Å². The molecule has 110 valence electrons. The van der Waals surface area contributed by atoms with Crippen molar-refractivity contribution in [1.29, 1.82) is 0 Å². The van der Waals surface area contributed by atoms with Crippen LogP contribution in [0.2, 0.25) is 0 Å². The molecule has 0 aliphatic heterocycles. The smallest absolute Gasteiger partial charge is 0.358 e. The molecule has 21 heavy (non-hydrogen) atoms. The van der Waals surface area contributed by atoms with Crippen LogP contribution in [-0.2, 0) is 13.7 Å². The number of benzene rings is 1. The largest absolute Gasteiger partial charge is 0.481 e. The number of ether oxygens (including phenoxy) is 1. The van der Waals surface area contributed by atoms with Crippen molar-refractivity contribution in [2.75, 3.05) is 6.26 Å². The molecule has 0 aliphatic carbocycles. The van der Waals surface area contributed by atoms with Gasteiger partial charge in [-0.25, -0.2) is 9.78 Å². The molecule has 0 atom stereocenters. The van der Waals surface area contributed by atoms with Crippen LogP contribution in [0.25, 0.3) is 0 Å². The Morgan fingerprint density at radius 3 is 2.62 bits per heavy atom. The first-order chi connectivity index (χ1) is 10.0. The zero-order valence-corrected chi connectivity index (χ0v) is 12.4. The highest BCUT2D eigenvalue weighted by Crippen LogP contribution is 2.17. The van der Waals surface area contributed by atoms with Crippen molar-refractivity contribution in [2.24, 2.45) is 7.05 Å². The highest BCUT2D eigenvalue weighted by Gasteiger charge is 2.21. The molecule has 0 bridgehead atoms. The van der Waals surface area contributed by atoms with Gasteiger partial charge in [0.2, 0.25) is 5.75 Å². The molecule has 0 fully saturated rings. The van der Waals surface area contributed by atoms with Gasteiger partial charge in [0.1, 0.15) is 6.61 Å². The number of aromatic carboxylic acids is 1. The summed E-state index contributed by atoms with van der Waals surface area (Å²) in [5.41, 5.74) is -0.0362. The first kappa shape index (κ1) is 15.1. The van der Waals surface area contributed by atoms with E-state index in [0.29, 0.717) is 5.16 Å². The third-order valence-corrected chi connectivity index (χ3v) is 3.55. The summed E-state index contributed by atoms with van der Waals surface area (Å²) in [5.74, 6) is -1.53. The minimum absolute atomic E-state index is 0.108. The van der Waals surface area contributed by atoms with Gasteiger partial charge in [0, 0.05) is 7.05 Å².